The zero-order valence-electron chi connectivity index (χ0n) is 21.7. The van der Waals surface area contributed by atoms with Gasteiger partial charge in [0, 0.05) is 54.4 Å². The van der Waals surface area contributed by atoms with Crippen molar-refractivity contribution in [3.63, 3.8) is 0 Å². The summed E-state index contributed by atoms with van der Waals surface area (Å²) in [6.45, 7) is -13.8. The van der Waals surface area contributed by atoms with E-state index in [0.717, 1.165) is 11.1 Å². The first kappa shape index (κ1) is 9.75. The van der Waals surface area contributed by atoms with Gasteiger partial charge in [-0.2, -0.15) is 5.10 Å². The van der Waals surface area contributed by atoms with Gasteiger partial charge in [0.05, 0.1) is 43.1 Å². The molecule has 0 unspecified atom stereocenters. The second-order valence-electron chi connectivity index (χ2n) is 5.55. The number of hydrogen-bond donors (Lipinski definition) is 1. The molecule has 4 heterocycles. The molecule has 1 amide bonds. The summed E-state index contributed by atoms with van der Waals surface area (Å²) in [5.74, 6) is -0.854. The predicted octanol–water partition coefficient (Wildman–Crippen LogP) is 1.30. The summed E-state index contributed by atoms with van der Waals surface area (Å²) in [7, 11) is 1.78. The third kappa shape index (κ3) is 3.71. The molecule has 1 N–H and O–H groups in total. The van der Waals surface area contributed by atoms with Gasteiger partial charge in [0.15, 0.2) is 0 Å². The molecular weight excluding hydrogens is 332 g/mol. The maximum atomic E-state index is 12.7. The van der Waals surface area contributed by atoms with Crippen LogP contribution in [-0.4, -0.2) is 63.2 Å². The number of pyridine rings is 2. The van der Waals surface area contributed by atoms with Crippen LogP contribution in [0.3, 0.4) is 0 Å². The van der Waals surface area contributed by atoms with Crippen molar-refractivity contribution < 1.29 is 20.5 Å². The SMILES string of the molecule is [2H]C1([2H])OC([2H])([2H])C([2H])([2H])N(CC(=O)Nc2cc3cc(-c4cnn(C)c4)cnc3cn2)C1([2H])[2H]. The molecule has 1 aliphatic heterocycles. The van der Waals surface area contributed by atoms with Gasteiger partial charge in [-0.15, -0.1) is 0 Å². The van der Waals surface area contributed by atoms with Crippen molar-refractivity contribution >= 4 is 22.6 Å². The van der Waals surface area contributed by atoms with Gasteiger partial charge in [-0.1, -0.05) is 0 Å². The molecule has 1 fully saturated rings. The number of carbonyl (C=O) groups is 1. The second-order valence-corrected chi connectivity index (χ2v) is 5.55. The first-order valence-electron chi connectivity index (χ1n) is 11.7. The van der Waals surface area contributed by atoms with Crippen molar-refractivity contribution in [2.45, 2.75) is 0 Å². The summed E-state index contributed by atoms with van der Waals surface area (Å²) in [5.41, 5.74) is 2.16. The number of aromatic nitrogens is 4. The van der Waals surface area contributed by atoms with Gasteiger partial charge in [-0.05, 0) is 12.1 Å². The van der Waals surface area contributed by atoms with Crippen LogP contribution in [0.2, 0.25) is 0 Å². The van der Waals surface area contributed by atoms with Crippen LogP contribution in [-0.2, 0) is 16.6 Å². The molecule has 0 aromatic carbocycles. The van der Waals surface area contributed by atoms with Crippen LogP contribution in [0.15, 0.2) is 36.9 Å². The molecular formula is C18H20N6O2. The van der Waals surface area contributed by atoms with Crippen LogP contribution in [0, 0.1) is 0 Å². The summed E-state index contributed by atoms with van der Waals surface area (Å²) < 4.78 is 68.8. The van der Waals surface area contributed by atoms with Crippen LogP contribution < -0.4 is 5.32 Å². The van der Waals surface area contributed by atoms with Gasteiger partial charge in [0.1, 0.15) is 5.82 Å². The van der Waals surface area contributed by atoms with Crippen LogP contribution >= 0.6 is 0 Å². The number of fused-ring (bicyclic) bond motifs is 1. The fourth-order valence-corrected chi connectivity index (χ4v) is 2.44. The highest BCUT2D eigenvalue weighted by molar-refractivity contribution is 5.93. The van der Waals surface area contributed by atoms with E-state index >= 15 is 0 Å². The van der Waals surface area contributed by atoms with Crippen molar-refractivity contribution in [1.82, 2.24) is 24.6 Å². The zero-order valence-corrected chi connectivity index (χ0v) is 13.7. The largest absolute Gasteiger partial charge is 0.379 e. The standard InChI is InChI=1S/C18H20N6O2/c1-23-11-15(9-21-23)14-6-13-7-17(20-10-16(13)19-8-14)22-18(25)12-24-2-4-26-5-3-24/h6-11H,2-5,12H2,1H3,(H,20,22,25)/i2D2,3D2,4D2,5D2. The zero-order chi connectivity index (χ0) is 25.1. The average molecular weight is 360 g/mol. The molecule has 0 radical (unpaired) electrons. The number of morpholine rings is 1. The maximum absolute atomic E-state index is 12.7. The number of carbonyl (C=O) groups excluding carboxylic acids is 1. The quantitative estimate of drug-likeness (QED) is 0.755. The Hall–Kier alpha value is -2.84. The summed E-state index contributed by atoms with van der Waals surface area (Å²) in [6.07, 6.45) is 6.56. The monoisotopic (exact) mass is 360 g/mol. The molecule has 1 aliphatic rings. The smallest absolute Gasteiger partial charge is 0.239 e. The Morgan fingerprint density at radius 3 is 2.85 bits per heavy atom. The molecule has 0 aliphatic carbocycles. The van der Waals surface area contributed by atoms with Gasteiger partial charge in [-0.3, -0.25) is 19.4 Å². The highest BCUT2D eigenvalue weighted by Crippen LogP contribution is 2.23. The van der Waals surface area contributed by atoms with Gasteiger partial charge in [0.2, 0.25) is 5.91 Å². The Balaban J connectivity index is 1.58. The highest BCUT2D eigenvalue weighted by Gasteiger charge is 2.14. The number of hydrogen-bond acceptors (Lipinski definition) is 6. The third-order valence-electron chi connectivity index (χ3n) is 3.64. The molecule has 134 valence electrons. The van der Waals surface area contributed by atoms with Gasteiger partial charge < -0.3 is 10.1 Å². The summed E-state index contributed by atoms with van der Waals surface area (Å²) >= 11 is 0. The second kappa shape index (κ2) is 7.19. The molecule has 0 atom stereocenters. The fourth-order valence-electron chi connectivity index (χ4n) is 2.44. The van der Waals surface area contributed by atoms with Crippen molar-refractivity contribution in [3.05, 3.63) is 36.9 Å². The summed E-state index contributed by atoms with van der Waals surface area (Å²) in [6, 6.07) is 3.35. The van der Waals surface area contributed by atoms with Gasteiger partial charge in [-0.25, -0.2) is 4.98 Å². The Kier molecular flexibility index (Phi) is 2.69. The normalized spacial score (nSPS) is 27.6. The van der Waals surface area contributed by atoms with E-state index in [4.69, 9.17) is 11.0 Å². The lowest BCUT2D eigenvalue weighted by Gasteiger charge is -2.25. The van der Waals surface area contributed by atoms with E-state index in [1.165, 1.54) is 12.3 Å². The Morgan fingerprint density at radius 1 is 1.23 bits per heavy atom. The lowest BCUT2D eigenvalue weighted by Crippen LogP contribution is -2.41. The number of ether oxygens (including phenoxy) is 1. The average Bonchev–Trinajstić information content (AvgIpc) is 3.16. The van der Waals surface area contributed by atoms with Gasteiger partial charge >= 0.3 is 0 Å². The predicted molar refractivity (Wildman–Crippen MR) is 97.6 cm³/mol. The summed E-state index contributed by atoms with van der Waals surface area (Å²) in [5, 5.41) is 7.18. The molecule has 0 spiro atoms. The molecule has 8 nitrogen and oxygen atoms in total. The molecule has 3 aromatic heterocycles. The minimum Gasteiger partial charge on any atom is -0.379 e. The lowest BCUT2D eigenvalue weighted by atomic mass is 10.1. The van der Waals surface area contributed by atoms with Crippen LogP contribution in [0.5, 0.6) is 0 Å². The molecule has 0 bridgehead atoms. The lowest BCUT2D eigenvalue weighted by molar-refractivity contribution is -0.118. The minimum absolute atomic E-state index is 0.0723. The molecule has 0 saturated carbocycles. The van der Waals surface area contributed by atoms with E-state index in [2.05, 4.69) is 25.1 Å². The fraction of sp³-hybridized carbons (Fsp3) is 0.333. The summed E-state index contributed by atoms with van der Waals surface area (Å²) in [4.78, 5) is 21.3. The van der Waals surface area contributed by atoms with Crippen molar-refractivity contribution in [1.29, 1.82) is 0 Å². The Morgan fingerprint density at radius 2 is 2.08 bits per heavy atom. The topological polar surface area (TPSA) is 85.2 Å². The first-order valence-corrected chi connectivity index (χ1v) is 7.67. The third-order valence-corrected chi connectivity index (χ3v) is 3.64. The molecule has 1 saturated heterocycles. The number of rotatable bonds is 4. The van der Waals surface area contributed by atoms with Crippen molar-refractivity contribution in [2.75, 3.05) is 38.0 Å². The number of anilines is 1. The van der Waals surface area contributed by atoms with E-state index < -0.39 is 38.6 Å². The van der Waals surface area contributed by atoms with E-state index in [1.54, 1.807) is 24.1 Å². The van der Waals surface area contributed by atoms with Crippen LogP contribution in [0.4, 0.5) is 5.82 Å². The minimum atomic E-state index is -3.22. The molecule has 3 aromatic rings. The van der Waals surface area contributed by atoms with Crippen LogP contribution in [0.25, 0.3) is 22.0 Å². The van der Waals surface area contributed by atoms with Crippen molar-refractivity contribution in [2.24, 2.45) is 7.05 Å². The molecule has 26 heavy (non-hydrogen) atoms. The number of nitrogens with one attached hydrogen (secondary N) is 1. The first-order chi connectivity index (χ1) is 15.6. The van der Waals surface area contributed by atoms with E-state index in [1.807, 2.05) is 12.3 Å². The number of nitrogens with zero attached hydrogens (tertiary/aromatic N) is 5. The highest BCUT2D eigenvalue weighted by atomic mass is 16.5. The maximum Gasteiger partial charge on any atom is 0.239 e. The van der Waals surface area contributed by atoms with E-state index in [9.17, 15) is 4.79 Å². The van der Waals surface area contributed by atoms with Gasteiger partial charge in [0.25, 0.3) is 0 Å². The number of amides is 1. The van der Waals surface area contributed by atoms with Crippen molar-refractivity contribution in [3.8, 4) is 11.1 Å². The Labute approximate surface area is 162 Å². The van der Waals surface area contributed by atoms with E-state index in [0.29, 0.717) is 10.9 Å². The molecule has 8 heteroatoms. The van der Waals surface area contributed by atoms with E-state index in [-0.39, 0.29) is 10.7 Å². The molecule has 4 rings (SSSR count). The van der Waals surface area contributed by atoms with Crippen LogP contribution in [0.1, 0.15) is 11.0 Å². The Bertz CT molecular complexity index is 1240. The number of aryl methyl sites for hydroxylation is 1.